The maximum absolute atomic E-state index is 12.6. The molecule has 4 aromatic rings. The van der Waals surface area contributed by atoms with Crippen LogP contribution in [0.4, 0.5) is 5.69 Å². The number of nitrogens with one attached hydrogen (secondary N) is 1. The average molecular weight is 533 g/mol. The second-order valence-electron chi connectivity index (χ2n) is 7.89. The fourth-order valence-corrected chi connectivity index (χ4v) is 4.20. The van der Waals surface area contributed by atoms with Gasteiger partial charge in [0.15, 0.2) is 11.0 Å². The Balaban J connectivity index is 1.51. The third-order valence-corrected chi connectivity index (χ3v) is 6.42. The van der Waals surface area contributed by atoms with Crippen molar-refractivity contribution < 1.29 is 19.2 Å². The fraction of sp³-hybridized carbons (Fsp3) is 0.154. The number of benzene rings is 3. The number of non-ortho nitro benzene ring substituents is 1. The number of ether oxygens (including phenoxy) is 2. The van der Waals surface area contributed by atoms with E-state index in [0.717, 1.165) is 17.0 Å². The van der Waals surface area contributed by atoms with Crippen molar-refractivity contribution in [1.82, 2.24) is 20.2 Å². The van der Waals surface area contributed by atoms with Crippen molar-refractivity contribution in [1.29, 1.82) is 0 Å². The molecule has 1 heterocycles. The van der Waals surface area contributed by atoms with Gasteiger partial charge in [-0.3, -0.25) is 19.5 Å². The van der Waals surface area contributed by atoms with E-state index in [0.29, 0.717) is 28.0 Å². The summed E-state index contributed by atoms with van der Waals surface area (Å²) < 4.78 is 12.4. The molecule has 38 heavy (non-hydrogen) atoms. The van der Waals surface area contributed by atoms with Crippen LogP contribution in [-0.2, 0) is 4.79 Å². The summed E-state index contributed by atoms with van der Waals surface area (Å²) in [4.78, 5) is 22.9. The highest BCUT2D eigenvalue weighted by Crippen LogP contribution is 2.29. The standard InChI is InChI=1S/C26H24N6O5S/c1-17(18-4-8-21(9-5-18)32(34)35)27-28-24(33)16-38-26-30-29-25(19-6-12-22(36-2)13-7-19)31(26)20-10-14-23(37-3)15-11-20/h4-15H,16H2,1-3H3,(H,28,33)/b27-17+. The predicted molar refractivity (Wildman–Crippen MR) is 144 cm³/mol. The molecule has 0 atom stereocenters. The van der Waals surface area contributed by atoms with E-state index < -0.39 is 4.92 Å². The second kappa shape index (κ2) is 12.0. The number of carbonyl (C=O) groups excluding carboxylic acids is 1. The molecule has 11 nitrogen and oxygen atoms in total. The van der Waals surface area contributed by atoms with Crippen LogP contribution in [0.3, 0.4) is 0 Å². The largest absolute Gasteiger partial charge is 0.497 e. The van der Waals surface area contributed by atoms with Crippen molar-refractivity contribution in [2.75, 3.05) is 20.0 Å². The lowest BCUT2D eigenvalue weighted by Crippen LogP contribution is -2.21. The Bertz CT molecular complexity index is 1450. The summed E-state index contributed by atoms with van der Waals surface area (Å²) in [6, 6.07) is 20.8. The van der Waals surface area contributed by atoms with Crippen LogP contribution in [0, 0.1) is 10.1 Å². The first-order valence-electron chi connectivity index (χ1n) is 11.3. The van der Waals surface area contributed by atoms with Gasteiger partial charge in [0.25, 0.3) is 11.6 Å². The van der Waals surface area contributed by atoms with Gasteiger partial charge in [-0.1, -0.05) is 11.8 Å². The summed E-state index contributed by atoms with van der Waals surface area (Å²) in [5.41, 5.74) is 5.31. The third kappa shape index (κ3) is 6.16. The Morgan fingerprint density at radius 2 is 1.58 bits per heavy atom. The van der Waals surface area contributed by atoms with Gasteiger partial charge in [0.2, 0.25) is 0 Å². The minimum absolute atomic E-state index is 0.0167. The minimum atomic E-state index is -0.472. The number of aromatic nitrogens is 3. The van der Waals surface area contributed by atoms with Crippen LogP contribution in [-0.4, -0.2) is 51.3 Å². The van der Waals surface area contributed by atoms with Gasteiger partial charge in [-0.25, -0.2) is 5.43 Å². The first kappa shape index (κ1) is 26.4. The lowest BCUT2D eigenvalue weighted by Gasteiger charge is -2.11. The van der Waals surface area contributed by atoms with Crippen molar-refractivity contribution in [3.05, 3.63) is 88.5 Å². The van der Waals surface area contributed by atoms with Crippen LogP contribution >= 0.6 is 11.8 Å². The number of hydrogen-bond acceptors (Lipinski definition) is 9. The SMILES string of the molecule is COc1ccc(-c2nnc(SCC(=O)N/N=C(\C)c3ccc([N+](=O)[O-])cc3)n2-c2ccc(OC)cc2)cc1. The van der Waals surface area contributed by atoms with Crippen molar-refractivity contribution in [3.63, 3.8) is 0 Å². The topological polar surface area (TPSA) is 134 Å². The summed E-state index contributed by atoms with van der Waals surface area (Å²) in [5, 5.41) is 24.2. The Hall–Kier alpha value is -4.71. The molecule has 0 aliphatic carbocycles. The number of methoxy groups -OCH3 is 2. The molecule has 1 N–H and O–H groups in total. The Labute approximate surface area is 222 Å². The maximum atomic E-state index is 12.6. The quantitative estimate of drug-likeness (QED) is 0.137. The Kier molecular flexibility index (Phi) is 8.34. The number of amides is 1. The van der Waals surface area contributed by atoms with E-state index in [1.54, 1.807) is 33.3 Å². The summed E-state index contributed by atoms with van der Waals surface area (Å²) >= 11 is 1.21. The number of carbonyl (C=O) groups is 1. The van der Waals surface area contributed by atoms with E-state index in [4.69, 9.17) is 9.47 Å². The molecule has 0 aliphatic heterocycles. The first-order chi connectivity index (χ1) is 18.4. The number of rotatable bonds is 10. The molecule has 0 spiro atoms. The summed E-state index contributed by atoms with van der Waals surface area (Å²) in [7, 11) is 3.20. The Morgan fingerprint density at radius 3 is 2.16 bits per heavy atom. The molecule has 1 aromatic heterocycles. The van der Waals surface area contributed by atoms with E-state index in [1.807, 2.05) is 53.1 Å². The van der Waals surface area contributed by atoms with Crippen LogP contribution in [0.2, 0.25) is 0 Å². The molecule has 0 bridgehead atoms. The van der Waals surface area contributed by atoms with Gasteiger partial charge < -0.3 is 9.47 Å². The molecule has 0 radical (unpaired) electrons. The van der Waals surface area contributed by atoms with Gasteiger partial charge in [0.05, 0.1) is 30.6 Å². The molecule has 0 saturated carbocycles. The lowest BCUT2D eigenvalue weighted by atomic mass is 10.1. The molecule has 4 rings (SSSR count). The van der Waals surface area contributed by atoms with Crippen molar-refractivity contribution in [3.8, 4) is 28.6 Å². The molecule has 1 amide bonds. The fourth-order valence-electron chi connectivity index (χ4n) is 3.45. The first-order valence-corrected chi connectivity index (χ1v) is 12.3. The smallest absolute Gasteiger partial charge is 0.269 e. The van der Waals surface area contributed by atoms with Gasteiger partial charge in [0.1, 0.15) is 11.5 Å². The molecule has 0 saturated heterocycles. The number of nitro groups is 1. The number of hydrogen-bond donors (Lipinski definition) is 1. The van der Waals surface area contributed by atoms with Gasteiger partial charge in [-0.05, 0) is 73.2 Å². The summed E-state index contributed by atoms with van der Waals surface area (Å²) in [5.74, 6) is 1.73. The van der Waals surface area contributed by atoms with Crippen molar-refractivity contribution in [2.45, 2.75) is 12.1 Å². The van der Waals surface area contributed by atoms with Crippen LogP contribution in [0.5, 0.6) is 11.5 Å². The molecule has 0 unspecified atom stereocenters. The summed E-state index contributed by atoms with van der Waals surface area (Å²) in [6.07, 6.45) is 0. The highest BCUT2D eigenvalue weighted by atomic mass is 32.2. The van der Waals surface area contributed by atoms with Gasteiger partial charge in [0, 0.05) is 23.4 Å². The zero-order valence-corrected chi connectivity index (χ0v) is 21.6. The van der Waals surface area contributed by atoms with E-state index in [-0.39, 0.29) is 17.3 Å². The van der Waals surface area contributed by atoms with E-state index in [1.165, 1.54) is 23.9 Å². The van der Waals surface area contributed by atoms with Crippen LogP contribution in [0.1, 0.15) is 12.5 Å². The molecular formula is C26H24N6O5S. The average Bonchev–Trinajstić information content (AvgIpc) is 3.38. The normalized spacial score (nSPS) is 11.2. The molecular weight excluding hydrogens is 508 g/mol. The highest BCUT2D eigenvalue weighted by molar-refractivity contribution is 7.99. The lowest BCUT2D eigenvalue weighted by molar-refractivity contribution is -0.384. The number of nitrogens with zero attached hydrogens (tertiary/aromatic N) is 5. The zero-order chi connectivity index (χ0) is 27.1. The van der Waals surface area contributed by atoms with E-state index >= 15 is 0 Å². The van der Waals surface area contributed by atoms with Crippen LogP contribution in [0.15, 0.2) is 83.1 Å². The second-order valence-corrected chi connectivity index (χ2v) is 8.84. The molecule has 3 aromatic carbocycles. The zero-order valence-electron chi connectivity index (χ0n) is 20.8. The molecule has 0 aliphatic rings. The third-order valence-electron chi connectivity index (χ3n) is 5.49. The number of hydrazone groups is 1. The van der Waals surface area contributed by atoms with E-state index in [9.17, 15) is 14.9 Å². The molecule has 12 heteroatoms. The summed E-state index contributed by atoms with van der Waals surface area (Å²) in [6.45, 7) is 1.70. The maximum Gasteiger partial charge on any atom is 0.269 e. The molecule has 194 valence electrons. The number of thioether (sulfide) groups is 1. The predicted octanol–water partition coefficient (Wildman–Crippen LogP) is 4.49. The van der Waals surface area contributed by atoms with Crippen molar-refractivity contribution >= 4 is 29.1 Å². The monoisotopic (exact) mass is 532 g/mol. The van der Waals surface area contributed by atoms with Crippen LogP contribution in [0.25, 0.3) is 17.1 Å². The van der Waals surface area contributed by atoms with Gasteiger partial charge >= 0.3 is 0 Å². The van der Waals surface area contributed by atoms with Crippen LogP contribution < -0.4 is 14.9 Å². The molecule has 0 fully saturated rings. The van der Waals surface area contributed by atoms with Gasteiger partial charge in [-0.15, -0.1) is 10.2 Å². The highest BCUT2D eigenvalue weighted by Gasteiger charge is 2.18. The van der Waals surface area contributed by atoms with E-state index in [2.05, 4.69) is 20.7 Å². The number of nitro benzene ring substituents is 1. The van der Waals surface area contributed by atoms with Gasteiger partial charge in [-0.2, -0.15) is 5.10 Å². The Morgan fingerprint density at radius 1 is 0.974 bits per heavy atom. The van der Waals surface area contributed by atoms with Crippen molar-refractivity contribution in [2.24, 2.45) is 5.10 Å². The minimum Gasteiger partial charge on any atom is -0.497 e.